The van der Waals surface area contributed by atoms with Gasteiger partial charge in [0.1, 0.15) is 0 Å². The lowest BCUT2D eigenvalue weighted by molar-refractivity contribution is -0.147. The normalized spacial score (nSPS) is 16.3. The van der Waals surface area contributed by atoms with Gasteiger partial charge in [0.2, 0.25) is 11.7 Å². The first-order valence-electron chi connectivity index (χ1n) is 8.04. The number of hydrazine groups is 1. The molecule has 2 heterocycles. The fraction of sp³-hybridized carbons (Fsp3) is 0.222. The predicted octanol–water partition coefficient (Wildman–Crippen LogP) is 2.32. The van der Waals surface area contributed by atoms with E-state index in [4.69, 9.17) is 16.3 Å². The zero-order valence-corrected chi connectivity index (χ0v) is 15.6. The third-order valence-electron chi connectivity index (χ3n) is 3.94. The molecule has 0 saturated carbocycles. The summed E-state index contributed by atoms with van der Waals surface area (Å²) in [7, 11) is 0. The van der Waals surface area contributed by atoms with Crippen LogP contribution in [-0.2, 0) is 14.3 Å². The van der Waals surface area contributed by atoms with E-state index in [9.17, 15) is 19.2 Å². The second kappa shape index (κ2) is 8.32. The van der Waals surface area contributed by atoms with Crippen molar-refractivity contribution < 1.29 is 23.9 Å². The maximum absolute atomic E-state index is 12.2. The second-order valence-electron chi connectivity index (χ2n) is 5.86. The van der Waals surface area contributed by atoms with Gasteiger partial charge in [0.05, 0.1) is 17.3 Å². The fourth-order valence-corrected chi connectivity index (χ4v) is 3.30. The van der Waals surface area contributed by atoms with Crippen LogP contribution in [0.4, 0.5) is 0 Å². The number of rotatable bonds is 6. The van der Waals surface area contributed by atoms with Gasteiger partial charge in [-0.1, -0.05) is 17.7 Å². The van der Waals surface area contributed by atoms with Gasteiger partial charge in [-0.3, -0.25) is 29.6 Å². The van der Waals surface area contributed by atoms with Crippen LogP contribution in [0.1, 0.15) is 26.5 Å². The maximum Gasteiger partial charge on any atom is 0.311 e. The molecule has 3 rings (SSSR count). The Bertz CT molecular complexity index is 866. The molecule has 27 heavy (non-hydrogen) atoms. The van der Waals surface area contributed by atoms with Gasteiger partial charge in [-0.05, 0) is 35.7 Å². The van der Waals surface area contributed by atoms with Gasteiger partial charge in [-0.25, -0.2) is 0 Å². The lowest BCUT2D eigenvalue weighted by atomic mass is 10.1. The number of amides is 2. The minimum absolute atomic E-state index is 0.00973. The highest BCUT2D eigenvalue weighted by Crippen LogP contribution is 2.19. The zero-order chi connectivity index (χ0) is 19.4. The van der Waals surface area contributed by atoms with Crippen LogP contribution in [0.25, 0.3) is 0 Å². The van der Waals surface area contributed by atoms with Gasteiger partial charge < -0.3 is 4.74 Å². The molecule has 140 valence electrons. The number of ketones is 1. The van der Waals surface area contributed by atoms with Crippen molar-refractivity contribution in [3.63, 3.8) is 0 Å². The van der Waals surface area contributed by atoms with Crippen LogP contribution < -0.4 is 5.43 Å². The van der Waals surface area contributed by atoms with Crippen LogP contribution in [0.5, 0.6) is 0 Å². The van der Waals surface area contributed by atoms with Crippen LogP contribution >= 0.6 is 22.9 Å². The van der Waals surface area contributed by atoms with Crippen molar-refractivity contribution in [1.82, 2.24) is 10.4 Å². The van der Waals surface area contributed by atoms with Crippen molar-refractivity contribution in [3.05, 3.63) is 57.2 Å². The molecule has 7 nitrogen and oxygen atoms in total. The second-order valence-corrected chi connectivity index (χ2v) is 7.25. The van der Waals surface area contributed by atoms with Gasteiger partial charge in [0.25, 0.3) is 5.91 Å². The molecule has 1 aliphatic rings. The van der Waals surface area contributed by atoms with E-state index in [0.29, 0.717) is 15.5 Å². The number of carbonyl (C=O) groups is 4. The molecular weight excluding hydrogens is 392 g/mol. The Hall–Kier alpha value is -2.71. The van der Waals surface area contributed by atoms with Crippen LogP contribution in [0.15, 0.2) is 41.8 Å². The molecule has 0 radical (unpaired) electrons. The Morgan fingerprint density at radius 2 is 1.96 bits per heavy atom. The molecule has 0 aliphatic carbocycles. The molecule has 9 heteroatoms. The summed E-state index contributed by atoms with van der Waals surface area (Å²) < 4.78 is 5.02. The van der Waals surface area contributed by atoms with Crippen LogP contribution in [0.3, 0.4) is 0 Å². The molecule has 1 unspecified atom stereocenters. The van der Waals surface area contributed by atoms with Crippen molar-refractivity contribution in [2.45, 2.75) is 6.42 Å². The standard InChI is InChI=1S/C18H15ClN2O5S/c19-13-5-3-11(4-6-13)17(24)20-21-9-12(8-16(21)23)18(25)26-10-14(22)15-2-1-7-27-15/h1-7,12H,8-10H2,(H,20,24). The lowest BCUT2D eigenvalue weighted by Crippen LogP contribution is -2.43. The molecule has 1 N–H and O–H groups in total. The molecule has 1 aromatic carbocycles. The average Bonchev–Trinajstić information content (AvgIpc) is 3.30. The van der Waals surface area contributed by atoms with Crippen molar-refractivity contribution in [2.24, 2.45) is 5.92 Å². The van der Waals surface area contributed by atoms with E-state index in [-0.39, 0.29) is 25.4 Å². The Labute approximate surface area is 163 Å². The summed E-state index contributed by atoms with van der Waals surface area (Å²) in [6.45, 7) is -0.384. The van der Waals surface area contributed by atoms with Gasteiger partial charge >= 0.3 is 5.97 Å². The Balaban J connectivity index is 1.52. The number of hydrogen-bond donors (Lipinski definition) is 1. The number of thiophene rings is 1. The molecule has 1 atom stereocenters. The third kappa shape index (κ3) is 4.72. The molecule has 2 aromatic rings. The van der Waals surface area contributed by atoms with E-state index in [2.05, 4.69) is 5.43 Å². The number of nitrogens with zero attached hydrogens (tertiary/aromatic N) is 1. The maximum atomic E-state index is 12.2. The van der Waals surface area contributed by atoms with Gasteiger partial charge in [0, 0.05) is 17.0 Å². The minimum Gasteiger partial charge on any atom is -0.457 e. The highest BCUT2D eigenvalue weighted by atomic mass is 35.5. The van der Waals surface area contributed by atoms with E-state index >= 15 is 0 Å². The molecule has 2 amide bonds. The first-order chi connectivity index (χ1) is 12.9. The van der Waals surface area contributed by atoms with Crippen molar-refractivity contribution in [2.75, 3.05) is 13.2 Å². The van der Waals surface area contributed by atoms with Crippen molar-refractivity contribution >= 4 is 46.5 Å². The SMILES string of the molecule is O=C(NN1CC(C(=O)OCC(=O)c2cccs2)CC1=O)c1ccc(Cl)cc1. The Morgan fingerprint density at radius 3 is 2.63 bits per heavy atom. The fourth-order valence-electron chi connectivity index (χ4n) is 2.52. The first-order valence-corrected chi connectivity index (χ1v) is 9.30. The highest BCUT2D eigenvalue weighted by Gasteiger charge is 2.36. The number of halogens is 1. The molecule has 1 aliphatic heterocycles. The summed E-state index contributed by atoms with van der Waals surface area (Å²) in [6.07, 6.45) is -0.0904. The predicted molar refractivity (Wildman–Crippen MR) is 98.3 cm³/mol. The van der Waals surface area contributed by atoms with E-state index in [1.54, 1.807) is 29.6 Å². The molecular formula is C18H15ClN2O5S. The third-order valence-corrected chi connectivity index (χ3v) is 5.11. The largest absolute Gasteiger partial charge is 0.457 e. The van der Waals surface area contributed by atoms with Crippen molar-refractivity contribution in [3.8, 4) is 0 Å². The van der Waals surface area contributed by atoms with E-state index < -0.39 is 23.7 Å². The summed E-state index contributed by atoms with van der Waals surface area (Å²) in [6, 6.07) is 9.56. The summed E-state index contributed by atoms with van der Waals surface area (Å²) in [5.74, 6) is -2.56. The molecule has 1 fully saturated rings. The van der Waals surface area contributed by atoms with E-state index in [1.807, 2.05) is 0 Å². The number of esters is 1. The highest BCUT2D eigenvalue weighted by molar-refractivity contribution is 7.12. The smallest absolute Gasteiger partial charge is 0.311 e. The zero-order valence-electron chi connectivity index (χ0n) is 14.0. The van der Waals surface area contributed by atoms with Gasteiger partial charge in [-0.2, -0.15) is 0 Å². The monoisotopic (exact) mass is 406 g/mol. The molecule has 1 saturated heterocycles. The molecule has 1 aromatic heterocycles. The first kappa shape index (κ1) is 19.1. The summed E-state index contributed by atoms with van der Waals surface area (Å²) in [5.41, 5.74) is 2.80. The number of carbonyl (C=O) groups excluding carboxylic acids is 4. The molecule has 0 bridgehead atoms. The van der Waals surface area contributed by atoms with E-state index in [0.717, 1.165) is 5.01 Å². The number of hydrogen-bond acceptors (Lipinski definition) is 6. The molecule has 0 spiro atoms. The number of Topliss-reactive ketones (excluding diaryl/α,β-unsaturated/α-hetero) is 1. The number of ether oxygens (including phenoxy) is 1. The van der Waals surface area contributed by atoms with E-state index in [1.165, 1.54) is 23.5 Å². The summed E-state index contributed by atoms with van der Waals surface area (Å²) in [5, 5.41) is 3.33. The quantitative estimate of drug-likeness (QED) is 0.587. The summed E-state index contributed by atoms with van der Waals surface area (Å²) in [4.78, 5) is 48.7. The average molecular weight is 407 g/mol. The lowest BCUT2D eigenvalue weighted by Gasteiger charge is -2.17. The van der Waals surface area contributed by atoms with Gasteiger partial charge in [0.15, 0.2) is 6.61 Å². The van der Waals surface area contributed by atoms with Crippen LogP contribution in [0, 0.1) is 5.92 Å². The van der Waals surface area contributed by atoms with Crippen molar-refractivity contribution in [1.29, 1.82) is 0 Å². The number of nitrogens with one attached hydrogen (secondary N) is 1. The minimum atomic E-state index is -0.737. The Kier molecular flexibility index (Phi) is 5.88. The van der Waals surface area contributed by atoms with Crippen LogP contribution in [-0.4, -0.2) is 41.7 Å². The van der Waals surface area contributed by atoms with Gasteiger partial charge in [-0.15, -0.1) is 11.3 Å². The topological polar surface area (TPSA) is 92.8 Å². The van der Waals surface area contributed by atoms with Crippen LogP contribution in [0.2, 0.25) is 5.02 Å². The summed E-state index contributed by atoms with van der Waals surface area (Å²) >= 11 is 7.04. The number of benzene rings is 1. The Morgan fingerprint density at radius 1 is 1.22 bits per heavy atom.